The molecule has 1 aliphatic heterocycles. The van der Waals surface area contributed by atoms with Crippen LogP contribution in [0.15, 0.2) is 83.2 Å². The Balaban J connectivity index is 1.47. The van der Waals surface area contributed by atoms with E-state index in [-0.39, 0.29) is 11.8 Å². The van der Waals surface area contributed by atoms with E-state index in [0.717, 1.165) is 11.3 Å². The standard InChI is InChI=1S/C31H32N6O3S/c1-18-6-7-23(19(2)16-18)17-41-31-35-30-32-20(3)27(29(39)34-25-12-14-26(40-5)15-13-25)28(37(30)36-31)22-8-10-24(11-9-22)33-21(4)38/h6-16,28H,17H2,1-5H3,(H,33,38)(H,34,39)(H,32,35,36)/t28-/m1/s1. The monoisotopic (exact) mass is 568 g/mol. The minimum Gasteiger partial charge on any atom is -0.497 e. The Morgan fingerprint density at radius 2 is 1.66 bits per heavy atom. The molecule has 2 amide bonds. The summed E-state index contributed by atoms with van der Waals surface area (Å²) in [5.74, 6) is 1.57. The number of methoxy groups -OCH3 is 1. The fraction of sp³-hybridized carbons (Fsp3) is 0.226. The summed E-state index contributed by atoms with van der Waals surface area (Å²) in [6.07, 6.45) is 0. The van der Waals surface area contributed by atoms with E-state index in [1.54, 1.807) is 47.8 Å². The summed E-state index contributed by atoms with van der Waals surface area (Å²) in [5, 5.41) is 14.5. The second kappa shape index (κ2) is 11.9. The van der Waals surface area contributed by atoms with E-state index < -0.39 is 6.04 Å². The topological polar surface area (TPSA) is 110 Å². The van der Waals surface area contributed by atoms with Crippen molar-refractivity contribution in [1.29, 1.82) is 0 Å². The maximum Gasteiger partial charge on any atom is 0.255 e. The minimum atomic E-state index is -0.543. The van der Waals surface area contributed by atoms with E-state index in [2.05, 4.69) is 48.0 Å². The molecule has 0 unspecified atom stereocenters. The zero-order chi connectivity index (χ0) is 29.1. The number of benzene rings is 3. The Labute approximate surface area is 243 Å². The molecule has 10 heteroatoms. The van der Waals surface area contributed by atoms with Gasteiger partial charge in [-0.1, -0.05) is 47.7 Å². The lowest BCUT2D eigenvalue weighted by Crippen LogP contribution is -2.31. The molecule has 1 aromatic heterocycles. The third kappa shape index (κ3) is 6.28. The Morgan fingerprint density at radius 1 is 0.976 bits per heavy atom. The molecule has 41 heavy (non-hydrogen) atoms. The second-order valence-corrected chi connectivity index (χ2v) is 10.9. The van der Waals surface area contributed by atoms with Gasteiger partial charge in [0.2, 0.25) is 17.0 Å². The normalized spacial score (nSPS) is 14.2. The van der Waals surface area contributed by atoms with Gasteiger partial charge in [-0.05, 0) is 73.9 Å². The number of aromatic nitrogens is 3. The summed E-state index contributed by atoms with van der Waals surface area (Å²) in [7, 11) is 1.60. The fourth-order valence-corrected chi connectivity index (χ4v) is 5.67. The van der Waals surface area contributed by atoms with E-state index in [4.69, 9.17) is 14.8 Å². The van der Waals surface area contributed by atoms with Crippen LogP contribution >= 0.6 is 11.8 Å². The molecule has 1 aliphatic rings. The van der Waals surface area contributed by atoms with Crippen LogP contribution in [0.3, 0.4) is 0 Å². The SMILES string of the molecule is COc1ccc(NC(=O)C2=C(C)Nc3nc(SCc4ccc(C)cc4C)nn3[C@@H]2c2ccc(NC(C)=O)cc2)cc1. The Bertz CT molecular complexity index is 1630. The van der Waals surface area contributed by atoms with E-state index in [9.17, 15) is 9.59 Å². The first kappa shape index (κ1) is 28.0. The highest BCUT2D eigenvalue weighted by Gasteiger charge is 2.34. The summed E-state index contributed by atoms with van der Waals surface area (Å²) >= 11 is 1.55. The number of nitrogens with one attached hydrogen (secondary N) is 3. The van der Waals surface area contributed by atoms with Crippen molar-refractivity contribution in [3.05, 3.63) is 100 Å². The summed E-state index contributed by atoms with van der Waals surface area (Å²) in [4.78, 5) is 30.1. The predicted molar refractivity (Wildman–Crippen MR) is 162 cm³/mol. The van der Waals surface area contributed by atoms with Gasteiger partial charge in [0.25, 0.3) is 5.91 Å². The first-order valence-corrected chi connectivity index (χ1v) is 14.2. The zero-order valence-corrected chi connectivity index (χ0v) is 24.4. The van der Waals surface area contributed by atoms with Crippen LogP contribution in [0, 0.1) is 13.8 Å². The number of fused-ring (bicyclic) bond motifs is 1. The lowest BCUT2D eigenvalue weighted by atomic mass is 9.94. The summed E-state index contributed by atoms with van der Waals surface area (Å²) in [6.45, 7) is 7.52. The van der Waals surface area contributed by atoms with Crippen molar-refractivity contribution in [2.24, 2.45) is 0 Å². The number of hydrogen-bond donors (Lipinski definition) is 3. The molecule has 5 rings (SSSR count). The van der Waals surface area contributed by atoms with E-state index in [0.29, 0.717) is 39.5 Å². The third-order valence-corrected chi connectivity index (χ3v) is 7.71. The number of anilines is 3. The highest BCUT2D eigenvalue weighted by molar-refractivity contribution is 7.98. The smallest absolute Gasteiger partial charge is 0.255 e. The molecule has 0 saturated heterocycles. The van der Waals surface area contributed by atoms with Crippen LogP contribution < -0.4 is 20.7 Å². The summed E-state index contributed by atoms with van der Waals surface area (Å²) in [6, 6.07) is 20.5. The van der Waals surface area contributed by atoms with Gasteiger partial charge in [-0.25, -0.2) is 4.68 Å². The number of allylic oxidation sites excluding steroid dienone is 1. The van der Waals surface area contributed by atoms with Crippen LogP contribution in [-0.4, -0.2) is 33.7 Å². The van der Waals surface area contributed by atoms with Gasteiger partial charge in [0.05, 0.1) is 12.7 Å². The second-order valence-electron chi connectivity index (χ2n) is 9.93. The van der Waals surface area contributed by atoms with Crippen molar-refractivity contribution >= 4 is 40.9 Å². The average Bonchev–Trinajstić information content (AvgIpc) is 3.34. The minimum absolute atomic E-state index is 0.154. The van der Waals surface area contributed by atoms with Crippen molar-refractivity contribution in [2.75, 3.05) is 23.1 Å². The molecule has 210 valence electrons. The molecule has 0 spiro atoms. The summed E-state index contributed by atoms with van der Waals surface area (Å²) < 4.78 is 7.00. The number of aryl methyl sites for hydroxylation is 2. The molecular weight excluding hydrogens is 536 g/mol. The maximum absolute atomic E-state index is 13.8. The van der Waals surface area contributed by atoms with E-state index >= 15 is 0 Å². The van der Waals surface area contributed by atoms with Crippen LogP contribution in [0.25, 0.3) is 0 Å². The van der Waals surface area contributed by atoms with Gasteiger partial charge in [0, 0.05) is 29.7 Å². The molecular formula is C31H32N6O3S. The molecule has 9 nitrogen and oxygen atoms in total. The Kier molecular flexibility index (Phi) is 8.11. The third-order valence-electron chi connectivity index (χ3n) is 6.83. The molecule has 4 aromatic rings. The summed E-state index contributed by atoms with van der Waals surface area (Å²) in [5.41, 5.74) is 7.01. The van der Waals surface area contributed by atoms with Crippen molar-refractivity contribution < 1.29 is 14.3 Å². The van der Waals surface area contributed by atoms with Crippen molar-refractivity contribution in [3.8, 4) is 5.75 Å². The molecule has 3 aromatic carbocycles. The van der Waals surface area contributed by atoms with Gasteiger partial charge in [0.15, 0.2) is 0 Å². The average molecular weight is 569 g/mol. The first-order valence-electron chi connectivity index (χ1n) is 13.2. The van der Waals surface area contributed by atoms with Crippen LogP contribution in [-0.2, 0) is 15.3 Å². The van der Waals surface area contributed by atoms with Crippen molar-refractivity contribution in [2.45, 2.75) is 44.6 Å². The number of ether oxygens (including phenoxy) is 1. The van der Waals surface area contributed by atoms with Crippen LogP contribution in [0.1, 0.15) is 42.1 Å². The highest BCUT2D eigenvalue weighted by Crippen LogP contribution is 2.37. The van der Waals surface area contributed by atoms with Crippen LogP contribution in [0.5, 0.6) is 5.75 Å². The molecule has 0 bridgehead atoms. The number of amides is 2. The largest absolute Gasteiger partial charge is 0.497 e. The number of hydrogen-bond acceptors (Lipinski definition) is 7. The number of thioether (sulfide) groups is 1. The fourth-order valence-electron chi connectivity index (χ4n) is 4.77. The van der Waals surface area contributed by atoms with E-state index in [1.165, 1.54) is 23.6 Å². The first-order chi connectivity index (χ1) is 19.7. The highest BCUT2D eigenvalue weighted by atomic mass is 32.2. The molecule has 2 heterocycles. The molecule has 0 radical (unpaired) electrons. The quantitative estimate of drug-likeness (QED) is 0.221. The van der Waals surface area contributed by atoms with Gasteiger partial charge >= 0.3 is 0 Å². The molecule has 0 fully saturated rings. The zero-order valence-electron chi connectivity index (χ0n) is 23.6. The van der Waals surface area contributed by atoms with Gasteiger partial charge in [-0.15, -0.1) is 5.10 Å². The number of carbonyl (C=O) groups excluding carboxylic acids is 2. The lowest BCUT2D eigenvalue weighted by molar-refractivity contribution is -0.114. The van der Waals surface area contributed by atoms with Crippen LogP contribution in [0.4, 0.5) is 17.3 Å². The number of nitrogens with zero attached hydrogens (tertiary/aromatic N) is 3. The molecule has 3 N–H and O–H groups in total. The van der Waals surface area contributed by atoms with Gasteiger partial charge in [-0.2, -0.15) is 4.98 Å². The van der Waals surface area contributed by atoms with Gasteiger partial charge in [0.1, 0.15) is 11.8 Å². The van der Waals surface area contributed by atoms with Gasteiger partial charge in [-0.3, -0.25) is 9.59 Å². The lowest BCUT2D eigenvalue weighted by Gasteiger charge is -2.28. The number of carbonyl (C=O) groups is 2. The Morgan fingerprint density at radius 3 is 2.32 bits per heavy atom. The van der Waals surface area contributed by atoms with Gasteiger partial charge < -0.3 is 20.7 Å². The molecule has 0 saturated carbocycles. The van der Waals surface area contributed by atoms with Crippen molar-refractivity contribution in [3.63, 3.8) is 0 Å². The molecule has 0 aliphatic carbocycles. The van der Waals surface area contributed by atoms with Crippen molar-refractivity contribution in [1.82, 2.24) is 14.8 Å². The van der Waals surface area contributed by atoms with Crippen LogP contribution in [0.2, 0.25) is 0 Å². The maximum atomic E-state index is 13.8. The Hall–Kier alpha value is -4.57. The molecule has 1 atom stereocenters. The number of rotatable bonds is 8. The van der Waals surface area contributed by atoms with E-state index in [1.807, 2.05) is 31.2 Å². The predicted octanol–water partition coefficient (Wildman–Crippen LogP) is 6.08.